The molecule has 158 valence electrons. The van der Waals surface area contributed by atoms with Crippen LogP contribution in [-0.2, 0) is 18.9 Å². The Hall–Kier alpha value is -2.23. The molecule has 1 amide bonds. The summed E-state index contributed by atoms with van der Waals surface area (Å²) in [6.45, 7) is 8.78. The molecule has 1 aromatic rings. The molecule has 0 unspecified atom stereocenters. The van der Waals surface area contributed by atoms with Gasteiger partial charge in [0.15, 0.2) is 6.29 Å². The van der Waals surface area contributed by atoms with Crippen molar-refractivity contribution >= 4 is 12.4 Å². The minimum atomic E-state index is -0.507. The fraction of sp³-hybridized carbons (Fsp3) is 0.632. The molecule has 9 heteroatoms. The summed E-state index contributed by atoms with van der Waals surface area (Å²) >= 11 is 0. The number of alkyl carbamates (subject to hydrolysis) is 1. The Morgan fingerprint density at radius 2 is 1.61 bits per heavy atom. The lowest BCUT2D eigenvalue weighted by molar-refractivity contribution is 0.00902. The van der Waals surface area contributed by atoms with Crippen LogP contribution in [0.25, 0.3) is 0 Å². The van der Waals surface area contributed by atoms with E-state index >= 15 is 0 Å². The lowest BCUT2D eigenvalue weighted by Crippen LogP contribution is -2.34. The van der Waals surface area contributed by atoms with Gasteiger partial charge in [-0.15, -0.1) is 0 Å². The molecule has 0 aliphatic heterocycles. The third kappa shape index (κ3) is 13.0. The Morgan fingerprint density at radius 1 is 1.00 bits per heavy atom. The number of nitrogens with one attached hydrogen (secondary N) is 1. The van der Waals surface area contributed by atoms with Gasteiger partial charge in [0.25, 0.3) is 0 Å². The molecule has 0 atom stereocenters. The van der Waals surface area contributed by atoms with Crippen molar-refractivity contribution in [3.05, 3.63) is 24.0 Å². The predicted molar refractivity (Wildman–Crippen MR) is 102 cm³/mol. The van der Waals surface area contributed by atoms with E-state index in [9.17, 15) is 9.59 Å². The second kappa shape index (κ2) is 13.9. The van der Waals surface area contributed by atoms with Crippen LogP contribution in [0.5, 0.6) is 5.75 Å². The van der Waals surface area contributed by atoms with Crippen molar-refractivity contribution in [3.8, 4) is 5.75 Å². The minimum absolute atomic E-state index is 0.365. The van der Waals surface area contributed by atoms with Crippen LogP contribution in [0.3, 0.4) is 0 Å². The van der Waals surface area contributed by atoms with E-state index in [1.165, 1.54) is 6.20 Å². The summed E-state index contributed by atoms with van der Waals surface area (Å²) < 4.78 is 26.6. The summed E-state index contributed by atoms with van der Waals surface area (Å²) in [6.07, 6.45) is 1.72. The summed E-state index contributed by atoms with van der Waals surface area (Å²) in [7, 11) is 0. The number of nitrogens with zero attached hydrogens (tertiary/aromatic N) is 1. The molecule has 0 radical (unpaired) electrons. The smallest absolute Gasteiger partial charge is 0.407 e. The summed E-state index contributed by atoms with van der Waals surface area (Å²) in [5.74, 6) is 0.587. The summed E-state index contributed by atoms with van der Waals surface area (Å²) in [5, 5.41) is 2.61. The van der Waals surface area contributed by atoms with Crippen LogP contribution in [0.2, 0.25) is 0 Å². The first kappa shape index (κ1) is 23.8. The van der Waals surface area contributed by atoms with E-state index < -0.39 is 11.7 Å². The SMILES string of the molecule is CC(C)(C)OC(=O)NCCOCCOCCOCCOc1ccc(C=O)nc1. The Kier molecular flexibility index (Phi) is 11.8. The minimum Gasteiger partial charge on any atom is -0.490 e. The molecular formula is C19H30N2O7. The van der Waals surface area contributed by atoms with Gasteiger partial charge in [0.2, 0.25) is 0 Å². The first-order valence-electron chi connectivity index (χ1n) is 9.15. The topological polar surface area (TPSA) is 105 Å². The van der Waals surface area contributed by atoms with Crippen LogP contribution in [-0.4, -0.2) is 75.8 Å². The van der Waals surface area contributed by atoms with Crippen molar-refractivity contribution < 1.29 is 33.3 Å². The molecule has 0 aromatic carbocycles. The molecule has 0 spiro atoms. The molecule has 0 fully saturated rings. The van der Waals surface area contributed by atoms with Gasteiger partial charge in [-0.25, -0.2) is 9.78 Å². The van der Waals surface area contributed by atoms with Crippen molar-refractivity contribution in [1.82, 2.24) is 10.3 Å². The molecule has 0 bridgehead atoms. The van der Waals surface area contributed by atoms with E-state index in [1.54, 1.807) is 12.1 Å². The zero-order chi connectivity index (χ0) is 20.7. The number of hydrogen-bond acceptors (Lipinski definition) is 8. The van der Waals surface area contributed by atoms with E-state index in [1.807, 2.05) is 20.8 Å². The number of pyridine rings is 1. The van der Waals surface area contributed by atoms with Gasteiger partial charge >= 0.3 is 6.09 Å². The van der Waals surface area contributed by atoms with Crippen molar-refractivity contribution in [2.75, 3.05) is 52.8 Å². The highest BCUT2D eigenvalue weighted by Crippen LogP contribution is 2.08. The van der Waals surface area contributed by atoms with Gasteiger partial charge in [0.05, 0.1) is 45.8 Å². The van der Waals surface area contributed by atoms with E-state index in [0.29, 0.717) is 70.5 Å². The number of aldehydes is 1. The highest BCUT2D eigenvalue weighted by Gasteiger charge is 2.15. The maximum absolute atomic E-state index is 11.4. The van der Waals surface area contributed by atoms with Gasteiger partial charge in [-0.05, 0) is 32.9 Å². The number of rotatable bonds is 14. The number of amides is 1. The fourth-order valence-corrected chi connectivity index (χ4v) is 1.85. The average molecular weight is 398 g/mol. The number of carbonyl (C=O) groups excluding carboxylic acids is 2. The molecule has 0 aliphatic carbocycles. The zero-order valence-electron chi connectivity index (χ0n) is 16.8. The monoisotopic (exact) mass is 398 g/mol. The van der Waals surface area contributed by atoms with Gasteiger partial charge < -0.3 is 29.0 Å². The fourth-order valence-electron chi connectivity index (χ4n) is 1.85. The van der Waals surface area contributed by atoms with Gasteiger partial charge in [-0.2, -0.15) is 0 Å². The van der Waals surface area contributed by atoms with Crippen LogP contribution in [0.15, 0.2) is 18.3 Å². The van der Waals surface area contributed by atoms with Gasteiger partial charge in [-0.3, -0.25) is 4.79 Å². The molecule has 1 rings (SSSR count). The lowest BCUT2D eigenvalue weighted by atomic mass is 10.2. The quantitative estimate of drug-likeness (QED) is 0.374. The Bertz CT molecular complexity index is 558. The second-order valence-corrected chi connectivity index (χ2v) is 6.65. The van der Waals surface area contributed by atoms with Gasteiger partial charge in [0.1, 0.15) is 23.7 Å². The summed E-state index contributed by atoms with van der Waals surface area (Å²) in [6, 6.07) is 3.27. The van der Waals surface area contributed by atoms with E-state index in [4.69, 9.17) is 23.7 Å². The van der Waals surface area contributed by atoms with E-state index in [0.717, 1.165) is 0 Å². The number of ether oxygens (including phenoxy) is 5. The molecule has 1 aromatic heterocycles. The molecule has 0 saturated carbocycles. The van der Waals surface area contributed by atoms with E-state index in [-0.39, 0.29) is 0 Å². The molecule has 28 heavy (non-hydrogen) atoms. The van der Waals surface area contributed by atoms with Crippen LogP contribution < -0.4 is 10.1 Å². The van der Waals surface area contributed by atoms with Gasteiger partial charge in [0, 0.05) is 6.54 Å². The van der Waals surface area contributed by atoms with Crippen LogP contribution in [0, 0.1) is 0 Å². The maximum Gasteiger partial charge on any atom is 0.407 e. The predicted octanol–water partition coefficient (Wildman–Crippen LogP) is 1.85. The highest BCUT2D eigenvalue weighted by atomic mass is 16.6. The molecule has 1 N–H and O–H groups in total. The van der Waals surface area contributed by atoms with Gasteiger partial charge in [-0.1, -0.05) is 0 Å². The number of hydrogen-bond donors (Lipinski definition) is 1. The molecular weight excluding hydrogens is 368 g/mol. The molecule has 1 heterocycles. The third-order valence-corrected chi connectivity index (χ3v) is 3.04. The lowest BCUT2D eigenvalue weighted by Gasteiger charge is -2.19. The molecule has 0 aliphatic rings. The normalized spacial score (nSPS) is 11.1. The Labute approximate surface area is 165 Å². The van der Waals surface area contributed by atoms with Crippen LogP contribution in [0.1, 0.15) is 31.3 Å². The highest BCUT2D eigenvalue weighted by molar-refractivity contribution is 5.71. The van der Waals surface area contributed by atoms with E-state index in [2.05, 4.69) is 10.3 Å². The molecule has 9 nitrogen and oxygen atoms in total. The Balaban J connectivity index is 1.84. The third-order valence-electron chi connectivity index (χ3n) is 3.04. The van der Waals surface area contributed by atoms with Crippen molar-refractivity contribution in [1.29, 1.82) is 0 Å². The number of aromatic nitrogens is 1. The second-order valence-electron chi connectivity index (χ2n) is 6.65. The van der Waals surface area contributed by atoms with Crippen LogP contribution >= 0.6 is 0 Å². The van der Waals surface area contributed by atoms with Crippen LogP contribution in [0.4, 0.5) is 4.79 Å². The standard InChI is InChI=1S/C19H30N2O7/c1-19(2,3)28-18(23)20-6-7-24-8-9-25-10-11-26-12-13-27-17-5-4-16(15-22)21-14-17/h4-5,14-15H,6-13H2,1-3H3,(H,20,23). The number of carbonyl (C=O) groups is 2. The first-order chi connectivity index (χ1) is 13.4. The molecule has 0 saturated heterocycles. The van der Waals surface area contributed by atoms with Crippen molar-refractivity contribution in [2.24, 2.45) is 0 Å². The average Bonchev–Trinajstić information content (AvgIpc) is 2.64. The van der Waals surface area contributed by atoms with Crippen molar-refractivity contribution in [3.63, 3.8) is 0 Å². The summed E-state index contributed by atoms with van der Waals surface area (Å²) in [4.78, 5) is 25.8. The summed E-state index contributed by atoms with van der Waals surface area (Å²) in [5.41, 5.74) is -0.142. The largest absolute Gasteiger partial charge is 0.490 e. The van der Waals surface area contributed by atoms with Crippen molar-refractivity contribution in [2.45, 2.75) is 26.4 Å². The Morgan fingerprint density at radius 3 is 2.14 bits per heavy atom. The maximum atomic E-state index is 11.4. The first-order valence-corrected chi connectivity index (χ1v) is 9.15. The zero-order valence-corrected chi connectivity index (χ0v) is 16.8.